The zero-order valence-corrected chi connectivity index (χ0v) is 38.2. The second-order valence-corrected chi connectivity index (χ2v) is 18.7. The lowest BCUT2D eigenvalue weighted by Gasteiger charge is -2.24. The van der Waals surface area contributed by atoms with Crippen molar-refractivity contribution in [2.75, 3.05) is 25.4 Å². The topological polar surface area (TPSA) is 324 Å². The van der Waals surface area contributed by atoms with Gasteiger partial charge in [-0.25, -0.2) is 10.3 Å². The van der Waals surface area contributed by atoms with E-state index in [0.717, 1.165) is 61.6 Å². The summed E-state index contributed by atoms with van der Waals surface area (Å²) in [5.74, 6) is -4.58. The molecule has 3 aliphatic rings. The van der Waals surface area contributed by atoms with Crippen molar-refractivity contribution in [1.82, 2.24) is 53.0 Å². The van der Waals surface area contributed by atoms with Crippen LogP contribution in [0.15, 0.2) is 30.5 Å². The average molecular weight is 940 g/mol. The average Bonchev–Trinajstić information content (AvgIpc) is 4.11. The fourth-order valence-electron chi connectivity index (χ4n) is 8.75. The maximum Gasteiger partial charge on any atom is 0.315 e. The molecule has 0 spiro atoms. The lowest BCUT2D eigenvalue weighted by Crippen LogP contribution is -2.55. The first kappa shape index (κ1) is 51.1. The number of para-hydroxylation sites is 1. The number of thioether (sulfide) groups is 1. The molecular weight excluding hydrogens is 875 g/mol. The Bertz CT molecular complexity index is 2050. The molecule has 1 aromatic carbocycles. The van der Waals surface area contributed by atoms with Crippen LogP contribution in [0.2, 0.25) is 0 Å². The highest BCUT2D eigenvalue weighted by Crippen LogP contribution is 2.33. The second-order valence-electron chi connectivity index (χ2n) is 17.4. The number of H-pyrrole nitrogens is 1. The zero-order valence-electron chi connectivity index (χ0n) is 37.3. The smallest absolute Gasteiger partial charge is 0.315 e. The van der Waals surface area contributed by atoms with Gasteiger partial charge in [0.1, 0.15) is 18.1 Å². The van der Waals surface area contributed by atoms with Gasteiger partial charge in [0.2, 0.25) is 47.3 Å². The Kier molecular flexibility index (Phi) is 19.9. The maximum absolute atomic E-state index is 13.6. The molecule has 13 N–H and O–H groups in total. The maximum atomic E-state index is 13.6. The lowest BCUT2D eigenvalue weighted by molar-refractivity contribution is -0.137. The molecule has 22 heteroatoms. The Morgan fingerprint density at radius 1 is 0.818 bits per heavy atom. The molecule has 3 heterocycles. The van der Waals surface area contributed by atoms with Gasteiger partial charge in [-0.05, 0) is 63.0 Å². The van der Waals surface area contributed by atoms with Crippen molar-refractivity contribution in [2.24, 2.45) is 17.6 Å². The predicted molar refractivity (Wildman–Crippen MR) is 244 cm³/mol. The Morgan fingerprint density at radius 2 is 1.58 bits per heavy atom. The number of rotatable bonds is 27. The molecule has 21 nitrogen and oxygen atoms in total. The minimum atomic E-state index is -1.21. The third-order valence-electron chi connectivity index (χ3n) is 12.4. The molecule has 5 rings (SSSR count). The van der Waals surface area contributed by atoms with E-state index in [1.165, 1.54) is 6.92 Å². The third kappa shape index (κ3) is 15.9. The van der Waals surface area contributed by atoms with Gasteiger partial charge >= 0.3 is 6.03 Å². The number of aromatic nitrogens is 1. The quantitative estimate of drug-likeness (QED) is 0.0245. The Hall–Kier alpha value is -5.90. The van der Waals surface area contributed by atoms with Gasteiger partial charge in [-0.3, -0.25) is 43.6 Å². The van der Waals surface area contributed by atoms with Crippen LogP contribution in [0.4, 0.5) is 4.79 Å². The normalized spacial score (nSPS) is 19.5. The van der Waals surface area contributed by atoms with Crippen LogP contribution in [0.3, 0.4) is 0 Å². The number of hydrogen-bond acceptors (Lipinski definition) is 11. The summed E-state index contributed by atoms with van der Waals surface area (Å²) >= 11 is 1.84. The fraction of sp³-hybridized carbons (Fsp3) is 0.614. The van der Waals surface area contributed by atoms with Crippen molar-refractivity contribution in [3.8, 4) is 0 Å². The minimum absolute atomic E-state index is 0.0105. The molecule has 362 valence electrons. The van der Waals surface area contributed by atoms with Gasteiger partial charge in [-0.2, -0.15) is 11.8 Å². The zero-order chi connectivity index (χ0) is 47.6. The van der Waals surface area contributed by atoms with Crippen molar-refractivity contribution in [2.45, 2.75) is 132 Å². The summed E-state index contributed by atoms with van der Waals surface area (Å²) in [5, 5.41) is 31.7. The van der Waals surface area contributed by atoms with Crippen LogP contribution in [0.1, 0.15) is 96.0 Å². The number of amides is 10. The number of nitrogens with two attached hydrogens (primary N) is 1. The van der Waals surface area contributed by atoms with E-state index in [-0.39, 0.29) is 49.2 Å². The number of benzene rings is 1. The number of hydrogen-bond donors (Lipinski definition) is 12. The monoisotopic (exact) mass is 939 g/mol. The number of nitrogens with one attached hydrogen (secondary N) is 10. The molecule has 7 atom stereocenters. The van der Waals surface area contributed by atoms with E-state index < -0.39 is 78.5 Å². The van der Waals surface area contributed by atoms with E-state index in [0.29, 0.717) is 43.0 Å². The molecular formula is C44H65N11O10S. The van der Waals surface area contributed by atoms with E-state index in [2.05, 4.69) is 47.5 Å². The molecule has 1 aliphatic carbocycles. The van der Waals surface area contributed by atoms with Crippen LogP contribution >= 0.6 is 11.8 Å². The van der Waals surface area contributed by atoms with Gasteiger partial charge < -0.3 is 53.3 Å². The van der Waals surface area contributed by atoms with E-state index in [9.17, 15) is 43.2 Å². The molecule has 1 unspecified atom stereocenters. The van der Waals surface area contributed by atoms with E-state index in [1.54, 1.807) is 11.7 Å². The molecule has 2 aliphatic heterocycles. The standard InChI is InChI=1S/C44H65N11O10S/c1-25(50-42(62)27(20-36(57)55-65)18-26-10-2-3-11-26)41(61)52-32(19-28-21-47-30-13-5-4-12-29(28)30)43(63)49-22-37(58)48-23-38(59)51-31(40(45)60)14-8-9-17-46-35(56)16-7-6-15-34-39-33(24-66-34)53-44(64)54-39/h4-5,12-13,21,25-27,31-34,39,47,65H,2-3,6-11,14-20,22-24H2,1H3,(H2,45,60)(H,46,56)(H,48,58)(H,49,63)(H,50,62)(H,51,59)(H,52,61)(H,55,57)(H2,53,54,64)/t25-,27?,31-,32-,33-,34-,39-/m0/s1. The highest BCUT2D eigenvalue weighted by molar-refractivity contribution is 8.00. The van der Waals surface area contributed by atoms with Crippen LogP contribution in [-0.4, -0.2) is 124 Å². The first-order valence-electron chi connectivity index (χ1n) is 22.9. The number of urea groups is 1. The first-order chi connectivity index (χ1) is 31.7. The highest BCUT2D eigenvalue weighted by atomic mass is 32.2. The van der Waals surface area contributed by atoms with Crippen molar-refractivity contribution in [3.63, 3.8) is 0 Å². The van der Waals surface area contributed by atoms with Crippen molar-refractivity contribution in [3.05, 3.63) is 36.0 Å². The number of aromatic amines is 1. The van der Waals surface area contributed by atoms with Crippen LogP contribution in [0, 0.1) is 11.8 Å². The number of carbonyl (C=O) groups excluding carboxylic acids is 9. The Balaban J connectivity index is 1.02. The van der Waals surface area contributed by atoms with Crippen LogP contribution < -0.4 is 53.7 Å². The molecule has 66 heavy (non-hydrogen) atoms. The van der Waals surface area contributed by atoms with E-state index in [1.807, 2.05) is 36.0 Å². The summed E-state index contributed by atoms with van der Waals surface area (Å²) in [6.07, 6.45) is 9.88. The first-order valence-corrected chi connectivity index (χ1v) is 23.9. The number of unbranched alkanes of at least 4 members (excludes halogenated alkanes) is 2. The van der Waals surface area contributed by atoms with Gasteiger partial charge in [0.15, 0.2) is 0 Å². The molecule has 1 aromatic heterocycles. The van der Waals surface area contributed by atoms with Gasteiger partial charge in [-0.1, -0.05) is 50.3 Å². The van der Waals surface area contributed by atoms with Crippen molar-refractivity contribution < 1.29 is 48.4 Å². The number of carbonyl (C=O) groups is 9. The number of primary amides is 1. The fourth-order valence-corrected chi connectivity index (χ4v) is 10.3. The summed E-state index contributed by atoms with van der Waals surface area (Å²) in [5.41, 5.74) is 8.59. The molecule has 0 bridgehead atoms. The highest BCUT2D eigenvalue weighted by Gasteiger charge is 2.42. The third-order valence-corrected chi connectivity index (χ3v) is 13.9. The van der Waals surface area contributed by atoms with Gasteiger partial charge in [0.25, 0.3) is 0 Å². The Morgan fingerprint density at radius 3 is 2.33 bits per heavy atom. The summed E-state index contributed by atoms with van der Waals surface area (Å²) in [6.45, 7) is 0.753. The molecule has 2 saturated heterocycles. The predicted octanol–water partition coefficient (Wildman–Crippen LogP) is 0.00670. The molecule has 0 radical (unpaired) electrons. The van der Waals surface area contributed by atoms with Crippen LogP contribution in [0.5, 0.6) is 0 Å². The molecule has 2 aromatic rings. The van der Waals surface area contributed by atoms with Crippen molar-refractivity contribution in [1.29, 1.82) is 0 Å². The summed E-state index contributed by atoms with van der Waals surface area (Å²) in [7, 11) is 0. The van der Waals surface area contributed by atoms with E-state index >= 15 is 0 Å². The molecule has 1 saturated carbocycles. The summed E-state index contributed by atoms with van der Waals surface area (Å²) in [6, 6.07) is 4.21. The van der Waals surface area contributed by atoms with Crippen LogP contribution in [0.25, 0.3) is 10.9 Å². The SMILES string of the molecule is C[C@H](NC(=O)C(CC(=O)NO)CC1CCCC1)C(=O)N[C@@H](Cc1c[nH]c2ccccc12)C(=O)NCC(=O)NCC(=O)N[C@@H](CCCCNC(=O)CCCC[C@@H]1SC[C@@H]2NC(=O)N[C@@H]21)C(N)=O. The molecule has 3 fully saturated rings. The molecule has 10 amide bonds. The van der Waals surface area contributed by atoms with E-state index in [4.69, 9.17) is 10.9 Å². The lowest BCUT2D eigenvalue weighted by atomic mass is 9.90. The van der Waals surface area contributed by atoms with Crippen LogP contribution in [-0.2, 0) is 44.8 Å². The second kappa shape index (κ2) is 25.7. The number of hydroxylamine groups is 1. The van der Waals surface area contributed by atoms with Gasteiger partial charge in [0, 0.05) is 59.8 Å². The summed E-state index contributed by atoms with van der Waals surface area (Å²) in [4.78, 5) is 117. The summed E-state index contributed by atoms with van der Waals surface area (Å²) < 4.78 is 0. The van der Waals surface area contributed by atoms with Gasteiger partial charge in [-0.15, -0.1) is 0 Å². The minimum Gasteiger partial charge on any atom is -0.368 e. The van der Waals surface area contributed by atoms with Crippen molar-refractivity contribution >= 4 is 76.0 Å². The largest absolute Gasteiger partial charge is 0.368 e. The number of fused-ring (bicyclic) bond motifs is 2. The van der Waals surface area contributed by atoms with Gasteiger partial charge in [0.05, 0.1) is 25.2 Å². The Labute approximate surface area is 387 Å².